The number of amides is 1. The van der Waals surface area contributed by atoms with Crippen LogP contribution in [-0.2, 0) is 9.59 Å². The number of benzene rings is 4. The maximum absolute atomic E-state index is 13.6. The molecule has 6 heteroatoms. The zero-order valence-electron chi connectivity index (χ0n) is 20.2. The first kappa shape index (κ1) is 23.2. The Morgan fingerprint density at radius 3 is 2.39 bits per heavy atom. The van der Waals surface area contributed by atoms with Gasteiger partial charge in [-0.05, 0) is 47.5 Å². The van der Waals surface area contributed by atoms with Crippen LogP contribution < -0.4 is 14.4 Å². The molecule has 1 unspecified atom stereocenters. The standard InChI is InChI=1S/C30H25NO5/c1-18-14-15-25(36-3)24(16-18)28(32)26-27(23-13-6-9-19-8-4-5-12-22(19)23)31(30(34)29(26)33)20-10-7-11-21(17-20)35-2/h4-17,27,32H,1-3H3/b28-26+. The van der Waals surface area contributed by atoms with Crippen molar-refractivity contribution in [1.29, 1.82) is 0 Å². The molecule has 1 atom stereocenters. The Morgan fingerprint density at radius 2 is 1.61 bits per heavy atom. The SMILES string of the molecule is COc1cccc(N2C(=O)C(=O)/C(=C(/O)c3cc(C)ccc3OC)C2c2cccc3ccccc23)c1. The van der Waals surface area contributed by atoms with E-state index in [4.69, 9.17) is 9.47 Å². The molecule has 0 radical (unpaired) electrons. The molecular formula is C30H25NO5. The number of ether oxygens (including phenoxy) is 2. The molecule has 0 spiro atoms. The Balaban J connectivity index is 1.83. The van der Waals surface area contributed by atoms with E-state index < -0.39 is 17.7 Å². The van der Waals surface area contributed by atoms with Crippen molar-refractivity contribution < 1.29 is 24.2 Å². The van der Waals surface area contributed by atoms with Gasteiger partial charge in [0.05, 0.1) is 31.4 Å². The number of rotatable bonds is 5. The summed E-state index contributed by atoms with van der Waals surface area (Å²) in [5, 5.41) is 13.4. The van der Waals surface area contributed by atoms with Crippen molar-refractivity contribution >= 4 is 33.9 Å². The number of anilines is 1. The van der Waals surface area contributed by atoms with Crippen LogP contribution in [-0.4, -0.2) is 31.0 Å². The summed E-state index contributed by atoms with van der Waals surface area (Å²) in [4.78, 5) is 28.6. The molecule has 1 N–H and O–H groups in total. The number of aliphatic hydroxyl groups excluding tert-OH is 1. The monoisotopic (exact) mass is 479 g/mol. The Morgan fingerprint density at radius 1 is 0.861 bits per heavy atom. The van der Waals surface area contributed by atoms with E-state index in [0.717, 1.165) is 21.9 Å². The van der Waals surface area contributed by atoms with Crippen LogP contribution >= 0.6 is 0 Å². The van der Waals surface area contributed by atoms with Gasteiger partial charge in [0.2, 0.25) is 0 Å². The lowest BCUT2D eigenvalue weighted by Crippen LogP contribution is -2.29. The predicted molar refractivity (Wildman–Crippen MR) is 139 cm³/mol. The average Bonchev–Trinajstić information content (AvgIpc) is 3.17. The summed E-state index contributed by atoms with van der Waals surface area (Å²) in [7, 11) is 3.04. The summed E-state index contributed by atoms with van der Waals surface area (Å²) in [5.74, 6) is -0.822. The average molecular weight is 480 g/mol. The minimum Gasteiger partial charge on any atom is -0.507 e. The first-order chi connectivity index (χ1) is 17.4. The molecule has 0 bridgehead atoms. The highest BCUT2D eigenvalue weighted by molar-refractivity contribution is 6.52. The Hall–Kier alpha value is -4.58. The van der Waals surface area contributed by atoms with Crippen molar-refractivity contribution in [2.75, 3.05) is 19.1 Å². The van der Waals surface area contributed by atoms with Crippen LogP contribution in [0.3, 0.4) is 0 Å². The third kappa shape index (κ3) is 3.77. The molecule has 0 aliphatic carbocycles. The van der Waals surface area contributed by atoms with Gasteiger partial charge in [0.15, 0.2) is 0 Å². The van der Waals surface area contributed by atoms with Crippen molar-refractivity contribution in [1.82, 2.24) is 0 Å². The van der Waals surface area contributed by atoms with Gasteiger partial charge in [0.1, 0.15) is 17.3 Å². The molecule has 1 amide bonds. The second-order valence-corrected chi connectivity index (χ2v) is 8.64. The lowest BCUT2D eigenvalue weighted by molar-refractivity contribution is -0.132. The van der Waals surface area contributed by atoms with Crippen LogP contribution in [0.2, 0.25) is 0 Å². The van der Waals surface area contributed by atoms with Gasteiger partial charge in [-0.25, -0.2) is 0 Å². The van der Waals surface area contributed by atoms with E-state index in [1.807, 2.05) is 55.5 Å². The fourth-order valence-corrected chi connectivity index (χ4v) is 4.79. The van der Waals surface area contributed by atoms with Gasteiger partial charge in [-0.15, -0.1) is 0 Å². The molecule has 0 aromatic heterocycles. The fourth-order valence-electron chi connectivity index (χ4n) is 4.79. The first-order valence-electron chi connectivity index (χ1n) is 11.5. The molecule has 1 saturated heterocycles. The lowest BCUT2D eigenvalue weighted by Gasteiger charge is -2.27. The zero-order valence-corrected chi connectivity index (χ0v) is 20.2. The lowest BCUT2D eigenvalue weighted by atomic mass is 9.91. The van der Waals surface area contributed by atoms with E-state index in [0.29, 0.717) is 22.7 Å². The number of hydrogen-bond acceptors (Lipinski definition) is 5. The number of carbonyl (C=O) groups excluding carboxylic acids is 2. The fraction of sp³-hybridized carbons (Fsp3) is 0.133. The van der Waals surface area contributed by atoms with Crippen LogP contribution in [0.1, 0.15) is 22.7 Å². The summed E-state index contributed by atoms with van der Waals surface area (Å²) >= 11 is 0. The summed E-state index contributed by atoms with van der Waals surface area (Å²) in [6.07, 6.45) is 0. The highest BCUT2D eigenvalue weighted by Crippen LogP contribution is 2.45. The summed E-state index contributed by atoms with van der Waals surface area (Å²) in [6.45, 7) is 1.88. The summed E-state index contributed by atoms with van der Waals surface area (Å²) in [5.41, 5.74) is 2.45. The molecule has 6 nitrogen and oxygen atoms in total. The minimum atomic E-state index is -0.867. The van der Waals surface area contributed by atoms with E-state index in [2.05, 4.69) is 0 Å². The van der Waals surface area contributed by atoms with Crippen LogP contribution in [0.15, 0.2) is 90.5 Å². The number of hydrogen-bond donors (Lipinski definition) is 1. The van der Waals surface area contributed by atoms with Gasteiger partial charge in [0.25, 0.3) is 11.7 Å². The Kier molecular flexibility index (Phi) is 5.94. The smallest absolute Gasteiger partial charge is 0.300 e. The van der Waals surface area contributed by atoms with Crippen LogP contribution in [0.5, 0.6) is 11.5 Å². The number of Topliss-reactive ketones (excluding diaryl/α,β-unsaturated/α-hetero) is 1. The van der Waals surface area contributed by atoms with Crippen LogP contribution in [0, 0.1) is 6.92 Å². The number of carbonyl (C=O) groups is 2. The highest BCUT2D eigenvalue weighted by Gasteiger charge is 2.47. The Labute approximate surface area is 209 Å². The minimum absolute atomic E-state index is 0.00285. The third-order valence-electron chi connectivity index (χ3n) is 6.50. The largest absolute Gasteiger partial charge is 0.507 e. The Bertz CT molecular complexity index is 1530. The van der Waals surface area contributed by atoms with Gasteiger partial charge in [-0.2, -0.15) is 0 Å². The van der Waals surface area contributed by atoms with Crippen LogP contribution in [0.25, 0.3) is 16.5 Å². The molecule has 180 valence electrons. The summed E-state index contributed by atoms with van der Waals surface area (Å²) in [6, 6.07) is 24.9. The van der Waals surface area contributed by atoms with Crippen molar-refractivity contribution in [2.24, 2.45) is 0 Å². The maximum Gasteiger partial charge on any atom is 0.300 e. The van der Waals surface area contributed by atoms with Crippen LogP contribution in [0.4, 0.5) is 5.69 Å². The van der Waals surface area contributed by atoms with E-state index in [1.54, 1.807) is 43.5 Å². The molecule has 1 aliphatic heterocycles. The quantitative estimate of drug-likeness (QED) is 0.223. The molecule has 4 aromatic rings. The summed E-state index contributed by atoms with van der Waals surface area (Å²) < 4.78 is 10.8. The third-order valence-corrected chi connectivity index (χ3v) is 6.50. The number of fused-ring (bicyclic) bond motifs is 1. The van der Waals surface area contributed by atoms with Gasteiger partial charge in [0, 0.05) is 11.8 Å². The van der Waals surface area contributed by atoms with Crippen molar-refractivity contribution in [3.05, 3.63) is 107 Å². The van der Waals surface area contributed by atoms with Gasteiger partial charge in [-0.1, -0.05) is 60.2 Å². The molecule has 36 heavy (non-hydrogen) atoms. The van der Waals surface area contributed by atoms with Gasteiger partial charge in [-0.3, -0.25) is 14.5 Å². The number of nitrogens with zero attached hydrogens (tertiary/aromatic N) is 1. The van der Waals surface area contributed by atoms with Crippen molar-refractivity contribution in [3.8, 4) is 11.5 Å². The number of ketones is 1. The second kappa shape index (κ2) is 9.23. The van der Waals surface area contributed by atoms with Crippen molar-refractivity contribution in [3.63, 3.8) is 0 Å². The molecular weight excluding hydrogens is 454 g/mol. The van der Waals surface area contributed by atoms with E-state index in [1.165, 1.54) is 12.0 Å². The molecule has 5 rings (SSSR count). The molecule has 1 heterocycles. The number of methoxy groups -OCH3 is 2. The molecule has 0 saturated carbocycles. The van der Waals surface area contributed by atoms with E-state index in [-0.39, 0.29) is 11.3 Å². The number of aryl methyl sites for hydroxylation is 1. The van der Waals surface area contributed by atoms with E-state index in [9.17, 15) is 14.7 Å². The molecule has 1 aliphatic rings. The molecule has 1 fully saturated rings. The van der Waals surface area contributed by atoms with Gasteiger partial charge >= 0.3 is 0 Å². The normalized spacial score (nSPS) is 17.0. The van der Waals surface area contributed by atoms with Gasteiger partial charge < -0.3 is 14.6 Å². The second-order valence-electron chi connectivity index (χ2n) is 8.64. The predicted octanol–water partition coefficient (Wildman–Crippen LogP) is 5.79. The molecule has 4 aromatic carbocycles. The topological polar surface area (TPSA) is 76.1 Å². The number of aliphatic hydroxyl groups is 1. The van der Waals surface area contributed by atoms with Crippen molar-refractivity contribution in [2.45, 2.75) is 13.0 Å². The van der Waals surface area contributed by atoms with E-state index >= 15 is 0 Å². The zero-order chi connectivity index (χ0) is 25.4. The maximum atomic E-state index is 13.6. The highest BCUT2D eigenvalue weighted by atomic mass is 16.5. The first-order valence-corrected chi connectivity index (χ1v) is 11.5.